The summed E-state index contributed by atoms with van der Waals surface area (Å²) in [5.74, 6) is 1.30. The first-order valence-electron chi connectivity index (χ1n) is 7.44. The van der Waals surface area contributed by atoms with E-state index in [1.54, 1.807) is 6.07 Å². The number of rotatable bonds is 8. The Hall–Kier alpha value is -1.02. The number of benzene rings is 1. The van der Waals surface area contributed by atoms with Crippen molar-refractivity contribution in [2.75, 3.05) is 18.0 Å². The lowest BCUT2D eigenvalue weighted by Crippen LogP contribution is -2.28. The van der Waals surface area contributed by atoms with Crippen LogP contribution in [0.5, 0.6) is 0 Å². The van der Waals surface area contributed by atoms with Crippen molar-refractivity contribution in [2.45, 2.75) is 40.5 Å². The molecule has 0 aliphatic heterocycles. The van der Waals surface area contributed by atoms with Gasteiger partial charge in [0, 0.05) is 18.8 Å². The van der Waals surface area contributed by atoms with Gasteiger partial charge in [-0.25, -0.2) is 0 Å². The van der Waals surface area contributed by atoms with E-state index in [2.05, 4.69) is 32.6 Å². The average Bonchev–Trinajstić information content (AvgIpc) is 2.38. The Kier molecular flexibility index (Phi) is 7.08. The molecule has 0 aromatic heterocycles. The third-order valence-electron chi connectivity index (χ3n) is 3.44. The van der Waals surface area contributed by atoms with Crippen molar-refractivity contribution in [1.29, 1.82) is 0 Å². The molecule has 0 amide bonds. The zero-order valence-corrected chi connectivity index (χ0v) is 13.8. The Labute approximate surface area is 128 Å². The van der Waals surface area contributed by atoms with Crippen molar-refractivity contribution in [3.8, 4) is 0 Å². The number of halogens is 1. The minimum absolute atomic E-state index is 0.539. The Morgan fingerprint density at radius 3 is 2.10 bits per heavy atom. The van der Waals surface area contributed by atoms with Gasteiger partial charge in [-0.1, -0.05) is 45.4 Å². The molecule has 0 saturated heterocycles. The van der Waals surface area contributed by atoms with Gasteiger partial charge in [0.15, 0.2) is 6.29 Å². The molecule has 0 unspecified atom stereocenters. The molecule has 3 heteroatoms. The zero-order valence-electron chi connectivity index (χ0n) is 13.0. The van der Waals surface area contributed by atoms with Crippen LogP contribution < -0.4 is 4.90 Å². The molecule has 0 atom stereocenters. The minimum atomic E-state index is 0.539. The van der Waals surface area contributed by atoms with Crippen molar-refractivity contribution in [2.24, 2.45) is 11.8 Å². The maximum Gasteiger partial charge on any atom is 0.153 e. The summed E-state index contributed by atoms with van der Waals surface area (Å²) in [4.78, 5) is 13.6. The molecule has 2 nitrogen and oxygen atoms in total. The molecule has 1 aromatic carbocycles. The largest absolute Gasteiger partial charge is 0.371 e. The highest BCUT2D eigenvalue weighted by Gasteiger charge is 2.14. The van der Waals surface area contributed by atoms with Crippen LogP contribution in [0.1, 0.15) is 50.9 Å². The van der Waals surface area contributed by atoms with Gasteiger partial charge < -0.3 is 4.90 Å². The second kappa shape index (κ2) is 8.31. The lowest BCUT2D eigenvalue weighted by molar-refractivity contribution is 0.112. The van der Waals surface area contributed by atoms with Crippen molar-refractivity contribution in [1.82, 2.24) is 0 Å². The SMILES string of the molecule is CC(C)CCN(CCC(C)C)c1cccc(Cl)c1C=O. The number of anilines is 1. The number of carbonyl (C=O) groups excluding carboxylic acids is 1. The van der Waals surface area contributed by atoms with E-state index < -0.39 is 0 Å². The zero-order chi connectivity index (χ0) is 15.1. The highest BCUT2D eigenvalue weighted by molar-refractivity contribution is 6.33. The van der Waals surface area contributed by atoms with E-state index in [0.717, 1.165) is 37.9 Å². The standard InChI is InChI=1S/C17H26ClNO/c1-13(2)8-10-19(11-9-14(3)4)17-7-5-6-16(18)15(17)12-20/h5-7,12-14H,8-11H2,1-4H3. The average molecular weight is 296 g/mol. The van der Waals surface area contributed by atoms with Crippen molar-refractivity contribution < 1.29 is 4.79 Å². The van der Waals surface area contributed by atoms with E-state index in [1.165, 1.54) is 0 Å². The van der Waals surface area contributed by atoms with Crippen LogP contribution in [0.2, 0.25) is 5.02 Å². The Bertz CT molecular complexity index is 417. The maximum absolute atomic E-state index is 11.3. The molecular weight excluding hydrogens is 270 g/mol. The van der Waals surface area contributed by atoms with E-state index in [9.17, 15) is 4.79 Å². The lowest BCUT2D eigenvalue weighted by atomic mass is 10.1. The van der Waals surface area contributed by atoms with Crippen LogP contribution in [0.3, 0.4) is 0 Å². The van der Waals surface area contributed by atoms with Crippen LogP contribution in [0.15, 0.2) is 18.2 Å². The summed E-state index contributed by atoms with van der Waals surface area (Å²) < 4.78 is 0. The molecule has 0 radical (unpaired) electrons. The van der Waals surface area contributed by atoms with Crippen LogP contribution >= 0.6 is 11.6 Å². The highest BCUT2D eigenvalue weighted by Crippen LogP contribution is 2.27. The van der Waals surface area contributed by atoms with E-state index >= 15 is 0 Å². The van der Waals surface area contributed by atoms with E-state index in [4.69, 9.17) is 11.6 Å². The van der Waals surface area contributed by atoms with Gasteiger partial charge in [-0.3, -0.25) is 4.79 Å². The molecule has 0 N–H and O–H groups in total. The number of hydrogen-bond acceptors (Lipinski definition) is 2. The Morgan fingerprint density at radius 2 is 1.65 bits per heavy atom. The van der Waals surface area contributed by atoms with Gasteiger partial charge in [-0.2, -0.15) is 0 Å². The monoisotopic (exact) mass is 295 g/mol. The second-order valence-electron chi connectivity index (χ2n) is 6.14. The topological polar surface area (TPSA) is 20.3 Å². The summed E-state index contributed by atoms with van der Waals surface area (Å²) in [7, 11) is 0. The minimum Gasteiger partial charge on any atom is -0.371 e. The van der Waals surface area contributed by atoms with Crippen LogP contribution in [-0.2, 0) is 0 Å². The first-order chi connectivity index (χ1) is 9.45. The van der Waals surface area contributed by atoms with Gasteiger partial charge in [0.1, 0.15) is 0 Å². The maximum atomic E-state index is 11.3. The Morgan fingerprint density at radius 1 is 1.10 bits per heavy atom. The van der Waals surface area contributed by atoms with Crippen LogP contribution in [-0.4, -0.2) is 19.4 Å². The molecule has 0 fully saturated rings. The molecule has 112 valence electrons. The number of hydrogen-bond donors (Lipinski definition) is 0. The van der Waals surface area contributed by atoms with E-state index in [-0.39, 0.29) is 0 Å². The molecule has 1 rings (SSSR count). The van der Waals surface area contributed by atoms with E-state index in [1.807, 2.05) is 12.1 Å². The van der Waals surface area contributed by atoms with Crippen LogP contribution in [0.25, 0.3) is 0 Å². The van der Waals surface area contributed by atoms with Crippen LogP contribution in [0.4, 0.5) is 5.69 Å². The molecule has 0 heterocycles. The normalized spacial score (nSPS) is 11.2. The summed E-state index contributed by atoms with van der Waals surface area (Å²) in [6, 6.07) is 5.69. The van der Waals surface area contributed by atoms with Gasteiger partial charge in [0.05, 0.1) is 10.6 Å². The smallest absolute Gasteiger partial charge is 0.153 e. The van der Waals surface area contributed by atoms with Crippen molar-refractivity contribution in [3.05, 3.63) is 28.8 Å². The molecule has 0 aliphatic carbocycles. The fraction of sp³-hybridized carbons (Fsp3) is 0.588. The summed E-state index contributed by atoms with van der Waals surface area (Å²) in [5, 5.41) is 0.539. The van der Waals surface area contributed by atoms with Gasteiger partial charge in [-0.15, -0.1) is 0 Å². The highest BCUT2D eigenvalue weighted by atomic mass is 35.5. The predicted molar refractivity (Wildman–Crippen MR) is 88.0 cm³/mol. The molecule has 20 heavy (non-hydrogen) atoms. The Balaban J connectivity index is 2.96. The fourth-order valence-electron chi connectivity index (χ4n) is 2.10. The predicted octanol–water partition coefficient (Wildman–Crippen LogP) is 5.05. The summed E-state index contributed by atoms with van der Waals surface area (Å²) in [5.41, 5.74) is 1.58. The quantitative estimate of drug-likeness (QED) is 0.625. The van der Waals surface area contributed by atoms with Crippen LogP contribution in [0, 0.1) is 11.8 Å². The number of aldehydes is 1. The van der Waals surface area contributed by atoms with Gasteiger partial charge in [0.2, 0.25) is 0 Å². The van der Waals surface area contributed by atoms with Crippen molar-refractivity contribution >= 4 is 23.6 Å². The van der Waals surface area contributed by atoms with Gasteiger partial charge >= 0.3 is 0 Å². The number of carbonyl (C=O) groups is 1. The molecule has 0 bridgehead atoms. The first-order valence-corrected chi connectivity index (χ1v) is 7.82. The number of nitrogens with zero attached hydrogens (tertiary/aromatic N) is 1. The third-order valence-corrected chi connectivity index (χ3v) is 3.77. The summed E-state index contributed by atoms with van der Waals surface area (Å²) in [6.45, 7) is 10.8. The molecule has 0 spiro atoms. The second-order valence-corrected chi connectivity index (χ2v) is 6.55. The lowest BCUT2D eigenvalue weighted by Gasteiger charge is -2.28. The molecule has 1 aromatic rings. The fourth-order valence-corrected chi connectivity index (χ4v) is 2.31. The molecule has 0 saturated carbocycles. The third kappa shape index (κ3) is 5.16. The van der Waals surface area contributed by atoms with E-state index in [0.29, 0.717) is 22.4 Å². The summed E-state index contributed by atoms with van der Waals surface area (Å²) >= 11 is 6.14. The first kappa shape index (κ1) is 17.0. The van der Waals surface area contributed by atoms with Gasteiger partial charge in [0.25, 0.3) is 0 Å². The summed E-state index contributed by atoms with van der Waals surface area (Å²) in [6.07, 6.45) is 3.10. The molecule has 0 aliphatic rings. The molecular formula is C17H26ClNO. The van der Waals surface area contributed by atoms with Gasteiger partial charge in [-0.05, 0) is 36.8 Å². The van der Waals surface area contributed by atoms with Crippen molar-refractivity contribution in [3.63, 3.8) is 0 Å².